The number of nitrogens with one attached hydrogen (secondary N) is 1. The van der Waals surface area contributed by atoms with Crippen molar-refractivity contribution in [1.82, 2.24) is 5.32 Å². The van der Waals surface area contributed by atoms with Crippen molar-refractivity contribution in [3.8, 4) is 0 Å². The molecule has 0 aliphatic rings. The summed E-state index contributed by atoms with van der Waals surface area (Å²) in [5.74, 6) is 0.293. The number of carbonyl (C=O) groups excluding carboxylic acids is 1. The first-order chi connectivity index (χ1) is 8.32. The molecule has 0 heterocycles. The number of hydrogen-bond acceptors (Lipinski definition) is 2. The summed E-state index contributed by atoms with van der Waals surface area (Å²) < 4.78 is 0. The van der Waals surface area contributed by atoms with Gasteiger partial charge >= 0.3 is 0 Å². The van der Waals surface area contributed by atoms with Gasteiger partial charge in [0.2, 0.25) is 5.91 Å². The Morgan fingerprint density at radius 3 is 2.33 bits per heavy atom. The molecule has 1 unspecified atom stereocenters. The summed E-state index contributed by atoms with van der Waals surface area (Å²) in [6.07, 6.45) is 0. The minimum absolute atomic E-state index is 0.114. The summed E-state index contributed by atoms with van der Waals surface area (Å²) in [7, 11) is 0. The quantitative estimate of drug-likeness (QED) is 0.860. The van der Waals surface area contributed by atoms with Crippen molar-refractivity contribution in [3.05, 3.63) is 35.9 Å². The van der Waals surface area contributed by atoms with Gasteiger partial charge in [0.15, 0.2) is 0 Å². The minimum atomic E-state index is -0.585. The summed E-state index contributed by atoms with van der Waals surface area (Å²) in [5.41, 5.74) is 6.95. The number of hydrogen-bond donors (Lipinski definition) is 2. The van der Waals surface area contributed by atoms with E-state index in [-0.39, 0.29) is 11.3 Å². The molecular formula is C15H24N2O. The topological polar surface area (TPSA) is 55.1 Å². The Morgan fingerprint density at radius 2 is 1.83 bits per heavy atom. The highest BCUT2D eigenvalue weighted by Gasteiger charge is 2.22. The lowest BCUT2D eigenvalue weighted by molar-refractivity contribution is -0.122. The van der Waals surface area contributed by atoms with Gasteiger partial charge in [-0.2, -0.15) is 0 Å². The van der Waals surface area contributed by atoms with Crippen LogP contribution in [0.15, 0.2) is 30.3 Å². The fraction of sp³-hybridized carbons (Fsp3) is 0.533. The molecule has 3 nitrogen and oxygen atoms in total. The molecule has 0 aliphatic heterocycles. The van der Waals surface area contributed by atoms with E-state index >= 15 is 0 Å². The molecule has 0 saturated heterocycles. The van der Waals surface area contributed by atoms with Crippen LogP contribution in [0, 0.1) is 11.3 Å². The Labute approximate surface area is 110 Å². The second kappa shape index (κ2) is 6.01. The van der Waals surface area contributed by atoms with Crippen LogP contribution in [0.25, 0.3) is 0 Å². The van der Waals surface area contributed by atoms with Gasteiger partial charge in [0.05, 0.1) is 0 Å². The van der Waals surface area contributed by atoms with Gasteiger partial charge < -0.3 is 11.1 Å². The highest BCUT2D eigenvalue weighted by Crippen LogP contribution is 2.24. The maximum absolute atomic E-state index is 11.9. The van der Waals surface area contributed by atoms with Gasteiger partial charge in [-0.3, -0.25) is 4.79 Å². The van der Waals surface area contributed by atoms with Crippen LogP contribution in [-0.4, -0.2) is 12.5 Å². The van der Waals surface area contributed by atoms with Crippen molar-refractivity contribution in [1.29, 1.82) is 0 Å². The van der Waals surface area contributed by atoms with Crippen molar-refractivity contribution in [2.45, 2.75) is 33.7 Å². The molecule has 100 valence electrons. The van der Waals surface area contributed by atoms with E-state index in [1.807, 2.05) is 30.3 Å². The highest BCUT2D eigenvalue weighted by atomic mass is 16.2. The molecule has 0 aromatic heterocycles. The fourth-order valence-corrected chi connectivity index (χ4v) is 1.48. The summed E-state index contributed by atoms with van der Waals surface area (Å²) in [5, 5.41) is 2.92. The van der Waals surface area contributed by atoms with Crippen LogP contribution in [0.2, 0.25) is 0 Å². The van der Waals surface area contributed by atoms with Gasteiger partial charge in [-0.15, -0.1) is 0 Å². The third-order valence-corrected chi connectivity index (χ3v) is 3.50. The molecule has 3 heteroatoms. The number of benzene rings is 1. The summed E-state index contributed by atoms with van der Waals surface area (Å²) in [4.78, 5) is 11.9. The van der Waals surface area contributed by atoms with E-state index in [1.54, 1.807) is 0 Å². The number of carbonyl (C=O) groups is 1. The fourth-order valence-electron chi connectivity index (χ4n) is 1.48. The van der Waals surface area contributed by atoms with Crippen LogP contribution in [0.1, 0.15) is 39.3 Å². The first kappa shape index (κ1) is 14.7. The van der Waals surface area contributed by atoms with E-state index < -0.39 is 6.04 Å². The normalized spacial score (nSPS) is 14.9. The Morgan fingerprint density at radius 1 is 1.28 bits per heavy atom. The van der Waals surface area contributed by atoms with E-state index in [4.69, 9.17) is 5.73 Å². The molecule has 0 fully saturated rings. The average Bonchev–Trinajstić information content (AvgIpc) is 2.34. The molecule has 1 aromatic carbocycles. The van der Waals surface area contributed by atoms with E-state index in [2.05, 4.69) is 33.0 Å². The average molecular weight is 248 g/mol. The van der Waals surface area contributed by atoms with Gasteiger partial charge in [0.25, 0.3) is 0 Å². The largest absolute Gasteiger partial charge is 0.354 e. The lowest BCUT2D eigenvalue weighted by Gasteiger charge is -2.27. The van der Waals surface area contributed by atoms with E-state index in [1.165, 1.54) is 0 Å². The molecule has 0 radical (unpaired) electrons. The zero-order valence-electron chi connectivity index (χ0n) is 11.7. The summed E-state index contributed by atoms with van der Waals surface area (Å²) >= 11 is 0. The van der Waals surface area contributed by atoms with E-state index in [0.29, 0.717) is 12.5 Å². The first-order valence-corrected chi connectivity index (χ1v) is 6.40. The predicted molar refractivity (Wildman–Crippen MR) is 75.0 cm³/mol. The molecule has 0 aliphatic carbocycles. The van der Waals surface area contributed by atoms with Gasteiger partial charge in [-0.05, 0) is 16.9 Å². The van der Waals surface area contributed by atoms with Crippen LogP contribution in [0.4, 0.5) is 0 Å². The second-order valence-electron chi connectivity index (χ2n) is 5.90. The first-order valence-electron chi connectivity index (χ1n) is 6.40. The van der Waals surface area contributed by atoms with Gasteiger partial charge in [0, 0.05) is 6.54 Å². The summed E-state index contributed by atoms with van der Waals surface area (Å²) in [6, 6.07) is 8.85. The number of rotatable bonds is 4. The molecule has 1 rings (SSSR count). The van der Waals surface area contributed by atoms with Gasteiger partial charge in [0.1, 0.15) is 6.04 Å². The molecule has 3 N–H and O–H groups in total. The zero-order valence-corrected chi connectivity index (χ0v) is 11.7. The van der Waals surface area contributed by atoms with Crippen molar-refractivity contribution >= 4 is 5.91 Å². The highest BCUT2D eigenvalue weighted by molar-refractivity contribution is 5.82. The van der Waals surface area contributed by atoms with E-state index in [0.717, 1.165) is 5.56 Å². The van der Waals surface area contributed by atoms with Gasteiger partial charge in [-0.25, -0.2) is 0 Å². The van der Waals surface area contributed by atoms with Crippen molar-refractivity contribution in [3.63, 3.8) is 0 Å². The minimum Gasteiger partial charge on any atom is -0.354 e. The van der Waals surface area contributed by atoms with Crippen LogP contribution < -0.4 is 11.1 Å². The molecule has 18 heavy (non-hydrogen) atoms. The standard InChI is InChI=1S/C15H24N2O/c1-11(15(2,3)4)10-17-14(18)13(16)12-8-6-5-7-9-12/h5-9,11,13H,10,16H2,1-4H3,(H,17,18)/t11?,13-/m0/s1. The lowest BCUT2D eigenvalue weighted by atomic mass is 9.82. The van der Waals surface area contributed by atoms with Crippen LogP contribution >= 0.6 is 0 Å². The molecule has 1 aromatic rings. The molecule has 0 spiro atoms. The molecule has 1 amide bonds. The molecule has 2 atom stereocenters. The van der Waals surface area contributed by atoms with Crippen LogP contribution in [-0.2, 0) is 4.79 Å². The Kier molecular flexibility index (Phi) is 4.91. The van der Waals surface area contributed by atoms with Crippen LogP contribution in [0.5, 0.6) is 0 Å². The SMILES string of the molecule is CC(CNC(=O)[C@@H](N)c1ccccc1)C(C)(C)C. The van der Waals surface area contributed by atoms with Gasteiger partial charge in [-0.1, -0.05) is 58.0 Å². The Bertz CT molecular complexity index is 381. The van der Waals surface area contributed by atoms with Crippen molar-refractivity contribution in [2.24, 2.45) is 17.1 Å². The predicted octanol–water partition coefficient (Wildman–Crippen LogP) is 2.48. The summed E-state index contributed by atoms with van der Waals surface area (Å²) in [6.45, 7) is 9.29. The number of nitrogens with two attached hydrogens (primary N) is 1. The van der Waals surface area contributed by atoms with E-state index in [9.17, 15) is 4.79 Å². The smallest absolute Gasteiger partial charge is 0.241 e. The monoisotopic (exact) mass is 248 g/mol. The lowest BCUT2D eigenvalue weighted by Crippen LogP contribution is -2.39. The third kappa shape index (κ3) is 4.15. The van der Waals surface area contributed by atoms with Crippen molar-refractivity contribution < 1.29 is 4.79 Å². The Hall–Kier alpha value is -1.35. The zero-order chi connectivity index (χ0) is 13.8. The Balaban J connectivity index is 2.52. The maximum Gasteiger partial charge on any atom is 0.241 e. The molecule has 0 bridgehead atoms. The third-order valence-electron chi connectivity index (χ3n) is 3.50. The number of amides is 1. The van der Waals surface area contributed by atoms with Crippen LogP contribution in [0.3, 0.4) is 0 Å². The molecular weight excluding hydrogens is 224 g/mol. The molecule has 0 saturated carbocycles. The van der Waals surface area contributed by atoms with Crippen molar-refractivity contribution in [2.75, 3.05) is 6.54 Å². The maximum atomic E-state index is 11.9. The second-order valence-corrected chi connectivity index (χ2v) is 5.90.